The molecule has 0 spiro atoms. The molecule has 0 saturated heterocycles. The molecule has 68 valence electrons. The largest absolute Gasteiger partial charge is 0.290 e. The summed E-state index contributed by atoms with van der Waals surface area (Å²) in [5.74, 6) is 0. The summed E-state index contributed by atoms with van der Waals surface area (Å²) in [6.45, 7) is 2.10. The minimum Gasteiger partial charge on any atom is -0.290 e. The van der Waals surface area contributed by atoms with Gasteiger partial charge in [-0.15, -0.1) is 0 Å². The van der Waals surface area contributed by atoms with Crippen molar-refractivity contribution in [2.24, 2.45) is 4.99 Å². The summed E-state index contributed by atoms with van der Waals surface area (Å²) in [6, 6.07) is 0.616. The Labute approximate surface area is 88.5 Å². The third kappa shape index (κ3) is 3.70. The van der Waals surface area contributed by atoms with Gasteiger partial charge in [0, 0.05) is 12.3 Å². The van der Waals surface area contributed by atoms with E-state index in [1.807, 2.05) is 6.21 Å². The maximum atomic E-state index is 4.56. The molecule has 0 aromatic carbocycles. The summed E-state index contributed by atoms with van der Waals surface area (Å²) in [6.07, 6.45) is 8.76. The third-order valence-corrected chi connectivity index (χ3v) is 3.22. The normalized spacial score (nSPS) is 22.0. The van der Waals surface area contributed by atoms with Gasteiger partial charge in [0.1, 0.15) is 0 Å². The lowest BCUT2D eigenvalue weighted by Crippen LogP contribution is -2.09. The van der Waals surface area contributed by atoms with Crippen LogP contribution in [-0.2, 0) is 0 Å². The van der Waals surface area contributed by atoms with Gasteiger partial charge in [0.15, 0.2) is 0 Å². The van der Waals surface area contributed by atoms with Crippen LogP contribution < -0.4 is 0 Å². The minimum atomic E-state index is 0.616. The summed E-state index contributed by atoms with van der Waals surface area (Å²) < 4.78 is 2.07. The highest BCUT2D eigenvalue weighted by Gasteiger charge is 2.10. The van der Waals surface area contributed by atoms with Crippen LogP contribution in [-0.4, -0.2) is 12.3 Å². The van der Waals surface area contributed by atoms with Crippen LogP contribution in [0.1, 0.15) is 39.0 Å². The Morgan fingerprint density at radius 1 is 1.33 bits per heavy atom. The van der Waals surface area contributed by atoms with Crippen molar-refractivity contribution >= 4 is 28.8 Å². The number of hydrogen-bond acceptors (Lipinski definition) is 1. The minimum absolute atomic E-state index is 0.616. The molecule has 0 unspecified atom stereocenters. The van der Waals surface area contributed by atoms with E-state index in [-0.39, 0.29) is 0 Å². The van der Waals surface area contributed by atoms with E-state index in [0.717, 1.165) is 0 Å². The highest BCUT2D eigenvalue weighted by Crippen LogP contribution is 2.20. The van der Waals surface area contributed by atoms with Crippen molar-refractivity contribution in [3.63, 3.8) is 0 Å². The van der Waals surface area contributed by atoms with Crippen molar-refractivity contribution in [1.82, 2.24) is 0 Å². The lowest BCUT2D eigenvalue weighted by molar-refractivity contribution is 0.444. The molecule has 0 atom stereocenters. The lowest BCUT2D eigenvalue weighted by Gasteiger charge is -2.16. The molecule has 0 N–H and O–H groups in total. The number of rotatable bonds is 2. The fourth-order valence-corrected chi connectivity index (χ4v) is 1.64. The van der Waals surface area contributed by atoms with Crippen LogP contribution in [0.25, 0.3) is 0 Å². The maximum Gasteiger partial charge on any atom is 0.0499 e. The summed E-state index contributed by atoms with van der Waals surface area (Å²) in [7, 11) is 0. The molecule has 2 heteroatoms. The average molecular weight is 277 g/mol. The Morgan fingerprint density at radius 3 is 2.58 bits per heavy atom. The molecule has 1 aliphatic carbocycles. The van der Waals surface area contributed by atoms with Gasteiger partial charge in [-0.05, 0) is 29.4 Å². The second-order valence-corrected chi connectivity index (χ2v) is 4.05. The Morgan fingerprint density at radius 2 is 2.00 bits per heavy atom. The summed E-state index contributed by atoms with van der Waals surface area (Å²) >= 11 is 2.25. The molecule has 0 heterocycles. The Balaban J connectivity index is 2.33. The maximum absolute atomic E-state index is 4.56. The molecule has 0 aliphatic heterocycles. The molecule has 1 fully saturated rings. The molecule has 12 heavy (non-hydrogen) atoms. The van der Waals surface area contributed by atoms with Gasteiger partial charge in [0.2, 0.25) is 0 Å². The van der Waals surface area contributed by atoms with E-state index in [0.29, 0.717) is 6.04 Å². The van der Waals surface area contributed by atoms with Crippen molar-refractivity contribution in [1.29, 1.82) is 0 Å². The number of halogens is 1. The second kappa shape index (κ2) is 5.73. The lowest BCUT2D eigenvalue weighted by atomic mass is 9.96. The first-order valence-corrected chi connectivity index (χ1v) is 5.87. The van der Waals surface area contributed by atoms with Crippen LogP contribution in [0.3, 0.4) is 0 Å². The number of allylic oxidation sites excluding steroid dienone is 1. The van der Waals surface area contributed by atoms with Crippen molar-refractivity contribution in [2.75, 3.05) is 0 Å². The second-order valence-electron chi connectivity index (χ2n) is 3.42. The Kier molecular flexibility index (Phi) is 4.88. The molecule has 0 amide bonds. The first-order valence-electron chi connectivity index (χ1n) is 4.63. The van der Waals surface area contributed by atoms with Gasteiger partial charge in [-0.1, -0.05) is 41.9 Å². The van der Waals surface area contributed by atoms with Gasteiger partial charge >= 0.3 is 0 Å². The van der Waals surface area contributed by atoms with Crippen LogP contribution in [0.5, 0.6) is 0 Å². The zero-order valence-electron chi connectivity index (χ0n) is 7.59. The Hall–Kier alpha value is 0.140. The van der Waals surface area contributed by atoms with E-state index in [1.165, 1.54) is 37.7 Å². The van der Waals surface area contributed by atoms with Crippen LogP contribution in [0.4, 0.5) is 0 Å². The molecule has 0 aromatic rings. The van der Waals surface area contributed by atoms with Gasteiger partial charge in [-0.3, -0.25) is 4.99 Å². The zero-order chi connectivity index (χ0) is 8.81. The number of hydrogen-bond donors (Lipinski definition) is 0. The first-order chi connectivity index (χ1) is 5.83. The van der Waals surface area contributed by atoms with E-state index in [1.54, 1.807) is 0 Å². The molecule has 1 aliphatic rings. The topological polar surface area (TPSA) is 12.4 Å². The van der Waals surface area contributed by atoms with Gasteiger partial charge in [0.05, 0.1) is 0 Å². The van der Waals surface area contributed by atoms with E-state index < -0.39 is 0 Å². The molecule has 1 saturated carbocycles. The summed E-state index contributed by atoms with van der Waals surface area (Å²) in [5, 5.41) is 0. The van der Waals surface area contributed by atoms with Crippen molar-refractivity contribution in [2.45, 2.75) is 45.1 Å². The molecule has 1 nitrogen and oxygen atoms in total. The molecule has 1 rings (SSSR count). The zero-order valence-corrected chi connectivity index (χ0v) is 9.75. The predicted octanol–water partition coefficient (Wildman–Crippen LogP) is 3.73. The molecule has 0 bridgehead atoms. The summed E-state index contributed by atoms with van der Waals surface area (Å²) in [5.41, 5.74) is 1.26. The predicted molar refractivity (Wildman–Crippen MR) is 63.1 cm³/mol. The molecule has 0 radical (unpaired) electrons. The summed E-state index contributed by atoms with van der Waals surface area (Å²) in [4.78, 5) is 4.56. The van der Waals surface area contributed by atoms with Gasteiger partial charge in [-0.25, -0.2) is 0 Å². The molecular formula is C10H16IN. The fourth-order valence-electron chi connectivity index (χ4n) is 1.48. The van der Waals surface area contributed by atoms with Crippen LogP contribution >= 0.6 is 22.6 Å². The number of aliphatic imine (C=N–C) groups is 1. The number of nitrogens with zero attached hydrogens (tertiary/aromatic N) is 1. The first kappa shape index (κ1) is 10.2. The van der Waals surface area contributed by atoms with Crippen LogP contribution in [0, 0.1) is 0 Å². The van der Waals surface area contributed by atoms with E-state index in [4.69, 9.17) is 0 Å². The Bertz CT molecular complexity index is 178. The third-order valence-electron chi connectivity index (χ3n) is 2.24. The van der Waals surface area contributed by atoms with Gasteiger partial charge in [-0.2, -0.15) is 0 Å². The van der Waals surface area contributed by atoms with Crippen LogP contribution in [0.2, 0.25) is 0 Å². The molecule has 0 aromatic heterocycles. The average Bonchev–Trinajstić information content (AvgIpc) is 2.16. The van der Waals surface area contributed by atoms with Crippen molar-refractivity contribution in [3.8, 4) is 0 Å². The SMILES string of the molecule is C/C(C=NC1CCCCC1)=C/I. The van der Waals surface area contributed by atoms with Crippen LogP contribution in [0.15, 0.2) is 14.6 Å². The standard InChI is InChI=1S/C10H16IN/c1-9(7-11)8-12-10-5-3-2-4-6-10/h7-8,10H,2-6H2,1H3/b9-7-,12-8?. The monoisotopic (exact) mass is 277 g/mol. The smallest absolute Gasteiger partial charge is 0.0499 e. The van der Waals surface area contributed by atoms with E-state index in [2.05, 4.69) is 38.6 Å². The highest BCUT2D eigenvalue weighted by atomic mass is 127. The fraction of sp³-hybridized carbons (Fsp3) is 0.700. The van der Waals surface area contributed by atoms with Gasteiger partial charge in [0.25, 0.3) is 0 Å². The van der Waals surface area contributed by atoms with E-state index >= 15 is 0 Å². The van der Waals surface area contributed by atoms with Crippen molar-refractivity contribution < 1.29 is 0 Å². The molecular weight excluding hydrogens is 261 g/mol. The van der Waals surface area contributed by atoms with Gasteiger partial charge < -0.3 is 0 Å². The van der Waals surface area contributed by atoms with E-state index in [9.17, 15) is 0 Å². The van der Waals surface area contributed by atoms with Crippen molar-refractivity contribution in [3.05, 3.63) is 9.66 Å². The highest BCUT2D eigenvalue weighted by molar-refractivity contribution is 14.1. The quantitative estimate of drug-likeness (QED) is 0.538.